The summed E-state index contributed by atoms with van der Waals surface area (Å²) in [5.41, 5.74) is 2.22. The van der Waals surface area contributed by atoms with Crippen molar-refractivity contribution in [3.05, 3.63) is 59.7 Å². The molecule has 3 N–H and O–H groups in total. The van der Waals surface area contributed by atoms with Crippen LogP contribution in [0.15, 0.2) is 53.4 Å². The van der Waals surface area contributed by atoms with Crippen LogP contribution in [0.3, 0.4) is 0 Å². The molecule has 2 aliphatic carbocycles. The first-order valence-corrected chi connectivity index (χ1v) is 11.8. The second kappa shape index (κ2) is 7.36. The molecule has 2 aromatic carbocycles. The summed E-state index contributed by atoms with van der Waals surface area (Å²) in [6.07, 6.45) is 1.14. The van der Waals surface area contributed by atoms with Crippen LogP contribution in [0.4, 0.5) is 5.69 Å². The van der Waals surface area contributed by atoms with Crippen molar-refractivity contribution in [3.63, 3.8) is 0 Å². The second-order valence-electron chi connectivity index (χ2n) is 9.68. The first-order chi connectivity index (χ1) is 13.5. The summed E-state index contributed by atoms with van der Waals surface area (Å²) >= 11 is 0. The molecular weight excluding hydrogens is 398 g/mol. The number of hydrogen-bond donors (Lipinski definition) is 1. The van der Waals surface area contributed by atoms with Gasteiger partial charge in [-0.1, -0.05) is 45.0 Å². The number of benzene rings is 2. The van der Waals surface area contributed by atoms with E-state index in [9.17, 15) is 13.5 Å². The maximum absolute atomic E-state index is 13.9. The van der Waals surface area contributed by atoms with E-state index in [-0.39, 0.29) is 27.1 Å². The standard InChI is InChI=1S/C24H31NO3S.H2O/c1-16-13-17(2)15-18(14-16)25(29(27,28)19-9-7-6-8-10-19)21-20-11-12-24(5,22(21)26)23(20,3)4;/h6-10,13-15,20-22,26H,11-12H2,1-5H3;1H2/t20?,21-,22?,24+;/m1./s1. The fraction of sp³-hybridized carbons (Fsp3) is 0.500. The molecule has 0 amide bonds. The van der Waals surface area contributed by atoms with E-state index in [1.54, 1.807) is 24.3 Å². The molecule has 0 aliphatic heterocycles. The Morgan fingerprint density at radius 1 is 1.00 bits per heavy atom. The number of fused-ring (bicyclic) bond motifs is 2. The summed E-state index contributed by atoms with van der Waals surface area (Å²) in [4.78, 5) is 0.261. The van der Waals surface area contributed by atoms with E-state index in [1.807, 2.05) is 38.1 Å². The lowest BCUT2D eigenvalue weighted by Gasteiger charge is -2.40. The van der Waals surface area contributed by atoms with Gasteiger partial charge in [0.2, 0.25) is 0 Å². The van der Waals surface area contributed by atoms with Crippen molar-refractivity contribution < 1.29 is 19.0 Å². The zero-order valence-corrected chi connectivity index (χ0v) is 19.2. The van der Waals surface area contributed by atoms with Gasteiger partial charge in [-0.05, 0) is 73.4 Å². The van der Waals surface area contributed by atoms with Crippen LogP contribution in [0, 0.1) is 30.6 Å². The summed E-state index contributed by atoms with van der Waals surface area (Å²) in [7, 11) is -3.83. The predicted molar refractivity (Wildman–Crippen MR) is 120 cm³/mol. The van der Waals surface area contributed by atoms with Crippen molar-refractivity contribution >= 4 is 15.7 Å². The first kappa shape index (κ1) is 22.8. The van der Waals surface area contributed by atoms with Crippen molar-refractivity contribution in [2.24, 2.45) is 16.7 Å². The number of anilines is 1. The van der Waals surface area contributed by atoms with Crippen LogP contribution in [0.2, 0.25) is 0 Å². The summed E-state index contributed by atoms with van der Waals surface area (Å²) in [5, 5.41) is 11.4. The Bertz CT molecular complexity index is 1010. The van der Waals surface area contributed by atoms with Crippen LogP contribution in [0.25, 0.3) is 0 Å². The maximum atomic E-state index is 13.9. The van der Waals surface area contributed by atoms with Gasteiger partial charge in [0, 0.05) is 5.41 Å². The van der Waals surface area contributed by atoms with Crippen LogP contribution in [-0.2, 0) is 10.0 Å². The number of aliphatic hydroxyl groups is 1. The van der Waals surface area contributed by atoms with Crippen LogP contribution in [-0.4, -0.2) is 31.1 Å². The normalized spacial score (nSPS) is 29.5. The zero-order chi connectivity index (χ0) is 21.2. The average Bonchev–Trinajstić information content (AvgIpc) is 2.95. The summed E-state index contributed by atoms with van der Waals surface area (Å²) in [6.45, 7) is 10.4. The van der Waals surface area contributed by atoms with E-state index in [2.05, 4.69) is 20.8 Å². The molecule has 4 rings (SSSR count). The third-order valence-electron chi connectivity index (χ3n) is 7.79. The molecule has 2 bridgehead atoms. The molecule has 2 aromatic rings. The Balaban J connectivity index is 0.00000256. The monoisotopic (exact) mass is 431 g/mol. The lowest BCUT2D eigenvalue weighted by atomic mass is 9.70. The van der Waals surface area contributed by atoms with Crippen molar-refractivity contribution in [2.45, 2.75) is 64.5 Å². The zero-order valence-electron chi connectivity index (χ0n) is 18.4. The molecule has 5 nitrogen and oxygen atoms in total. The van der Waals surface area contributed by atoms with Gasteiger partial charge in [0.15, 0.2) is 0 Å². The number of aryl methyl sites for hydroxylation is 2. The molecule has 2 aliphatic rings. The molecule has 0 radical (unpaired) electrons. The van der Waals surface area contributed by atoms with Gasteiger partial charge in [-0.15, -0.1) is 0 Å². The Kier molecular flexibility index (Phi) is 5.59. The molecule has 0 aromatic heterocycles. The predicted octanol–water partition coefficient (Wildman–Crippen LogP) is 3.86. The highest BCUT2D eigenvalue weighted by atomic mass is 32.2. The molecule has 2 saturated carbocycles. The van der Waals surface area contributed by atoms with Gasteiger partial charge in [-0.25, -0.2) is 8.42 Å². The van der Waals surface area contributed by atoms with Crippen molar-refractivity contribution in [2.75, 3.05) is 4.31 Å². The van der Waals surface area contributed by atoms with E-state index in [1.165, 1.54) is 4.31 Å². The lowest BCUT2D eigenvalue weighted by molar-refractivity contribution is 0.00654. The number of sulfonamides is 1. The molecular formula is C24H33NO4S. The fourth-order valence-corrected chi connectivity index (χ4v) is 7.53. The number of aliphatic hydroxyl groups excluding tert-OH is 1. The SMILES string of the molecule is Cc1cc(C)cc(N([C@@H]2C3CC[C@@](C)(C2O)C3(C)C)S(=O)(=O)c2ccccc2)c1.O. The summed E-state index contributed by atoms with van der Waals surface area (Å²) in [5.74, 6) is 0.0989. The topological polar surface area (TPSA) is 89.1 Å². The molecule has 0 heterocycles. The molecule has 2 unspecified atom stereocenters. The summed E-state index contributed by atoms with van der Waals surface area (Å²) < 4.78 is 29.3. The van der Waals surface area contributed by atoms with Crippen LogP contribution >= 0.6 is 0 Å². The molecule has 164 valence electrons. The highest BCUT2D eigenvalue weighted by Gasteiger charge is 2.68. The second-order valence-corrected chi connectivity index (χ2v) is 11.5. The molecule has 6 heteroatoms. The van der Waals surface area contributed by atoms with Gasteiger partial charge in [-0.3, -0.25) is 4.31 Å². The number of rotatable bonds is 4. The van der Waals surface area contributed by atoms with Gasteiger partial charge in [0.25, 0.3) is 10.0 Å². The fourth-order valence-electron chi connectivity index (χ4n) is 5.83. The van der Waals surface area contributed by atoms with E-state index >= 15 is 0 Å². The molecule has 2 fully saturated rings. The van der Waals surface area contributed by atoms with Crippen molar-refractivity contribution in [3.8, 4) is 0 Å². The third-order valence-corrected chi connectivity index (χ3v) is 9.63. The molecule has 0 saturated heterocycles. The van der Waals surface area contributed by atoms with E-state index in [0.29, 0.717) is 5.69 Å². The van der Waals surface area contributed by atoms with Crippen LogP contribution in [0.1, 0.15) is 44.7 Å². The van der Waals surface area contributed by atoms with Crippen molar-refractivity contribution in [1.82, 2.24) is 0 Å². The molecule has 4 atom stereocenters. The van der Waals surface area contributed by atoms with Gasteiger partial charge in [0.05, 0.1) is 22.7 Å². The van der Waals surface area contributed by atoms with Gasteiger partial charge >= 0.3 is 0 Å². The molecule has 0 spiro atoms. The Morgan fingerprint density at radius 2 is 1.57 bits per heavy atom. The Hall–Kier alpha value is -1.89. The van der Waals surface area contributed by atoms with E-state index in [4.69, 9.17) is 0 Å². The van der Waals surface area contributed by atoms with Crippen LogP contribution < -0.4 is 4.31 Å². The van der Waals surface area contributed by atoms with E-state index < -0.39 is 22.2 Å². The Morgan fingerprint density at radius 3 is 2.07 bits per heavy atom. The minimum atomic E-state index is -3.83. The van der Waals surface area contributed by atoms with Gasteiger partial charge in [0.1, 0.15) is 0 Å². The average molecular weight is 432 g/mol. The Labute approximate surface area is 180 Å². The summed E-state index contributed by atoms with van der Waals surface area (Å²) in [6, 6.07) is 14.0. The highest BCUT2D eigenvalue weighted by molar-refractivity contribution is 7.92. The quantitative estimate of drug-likeness (QED) is 0.797. The smallest absolute Gasteiger partial charge is 0.264 e. The number of hydrogen-bond acceptors (Lipinski definition) is 3. The third kappa shape index (κ3) is 3.08. The van der Waals surface area contributed by atoms with E-state index in [0.717, 1.165) is 24.0 Å². The first-order valence-electron chi connectivity index (χ1n) is 10.4. The largest absolute Gasteiger partial charge is 0.412 e. The maximum Gasteiger partial charge on any atom is 0.264 e. The van der Waals surface area contributed by atoms with Crippen molar-refractivity contribution in [1.29, 1.82) is 0 Å². The molecule has 30 heavy (non-hydrogen) atoms. The highest BCUT2D eigenvalue weighted by Crippen LogP contribution is 2.67. The minimum Gasteiger partial charge on any atom is -0.412 e. The van der Waals surface area contributed by atoms with Gasteiger partial charge < -0.3 is 10.6 Å². The van der Waals surface area contributed by atoms with Gasteiger partial charge in [-0.2, -0.15) is 0 Å². The number of nitrogens with zero attached hydrogens (tertiary/aromatic N) is 1. The minimum absolute atomic E-state index is 0. The lowest BCUT2D eigenvalue weighted by Crippen LogP contribution is -2.52. The van der Waals surface area contributed by atoms with Crippen LogP contribution in [0.5, 0.6) is 0 Å².